The number of aromatic nitrogens is 3. The third-order valence-corrected chi connectivity index (χ3v) is 5.29. The summed E-state index contributed by atoms with van der Waals surface area (Å²) in [4.78, 5) is 15.5. The van der Waals surface area contributed by atoms with E-state index in [0.29, 0.717) is 11.9 Å². The van der Waals surface area contributed by atoms with Crippen molar-refractivity contribution >= 4 is 17.5 Å². The molecule has 1 atom stereocenters. The molecule has 0 amide bonds. The van der Waals surface area contributed by atoms with Gasteiger partial charge in [0.25, 0.3) is 0 Å². The van der Waals surface area contributed by atoms with Crippen molar-refractivity contribution in [3.8, 4) is 11.1 Å². The van der Waals surface area contributed by atoms with Crippen LogP contribution in [0.1, 0.15) is 30.0 Å². The van der Waals surface area contributed by atoms with Gasteiger partial charge in [-0.3, -0.25) is 9.88 Å². The summed E-state index contributed by atoms with van der Waals surface area (Å²) in [5.41, 5.74) is 10.4. The highest BCUT2D eigenvalue weighted by atomic mass is 35.5. The highest BCUT2D eigenvalue weighted by Gasteiger charge is 2.25. The monoisotopic (exact) mass is 379 g/mol. The van der Waals surface area contributed by atoms with Crippen LogP contribution in [-0.4, -0.2) is 32.9 Å². The van der Waals surface area contributed by atoms with Crippen molar-refractivity contribution in [1.29, 1.82) is 0 Å². The molecule has 1 aromatic carbocycles. The van der Waals surface area contributed by atoms with Crippen LogP contribution >= 0.6 is 11.6 Å². The van der Waals surface area contributed by atoms with E-state index in [-0.39, 0.29) is 0 Å². The standard InChI is InChI=1S/C21H22ClN5/c22-18-5-3-16(4-6-18)19-12-25-21(23)26-20(19)17-2-1-11-27(14-17)13-15-7-9-24-10-8-15/h3-10,12,17H,1-2,11,13-14H2,(H2,23,25,26)/t17-/m0/s1. The number of halogens is 1. The molecule has 0 aliphatic carbocycles. The molecular weight excluding hydrogens is 358 g/mol. The summed E-state index contributed by atoms with van der Waals surface area (Å²) < 4.78 is 0. The quantitative estimate of drug-likeness (QED) is 0.737. The van der Waals surface area contributed by atoms with Crippen molar-refractivity contribution in [2.45, 2.75) is 25.3 Å². The molecular formula is C21H22ClN5. The lowest BCUT2D eigenvalue weighted by Crippen LogP contribution is -2.34. The van der Waals surface area contributed by atoms with Crippen LogP contribution in [0.5, 0.6) is 0 Å². The van der Waals surface area contributed by atoms with Crippen molar-refractivity contribution in [3.63, 3.8) is 0 Å². The Kier molecular flexibility index (Phi) is 5.32. The fraction of sp³-hybridized carbons (Fsp3) is 0.286. The number of hydrogen-bond donors (Lipinski definition) is 1. The first kappa shape index (κ1) is 17.9. The van der Waals surface area contributed by atoms with Crippen LogP contribution in [0.4, 0.5) is 5.95 Å². The van der Waals surface area contributed by atoms with E-state index in [2.05, 4.69) is 32.0 Å². The van der Waals surface area contributed by atoms with Gasteiger partial charge in [-0.05, 0) is 54.8 Å². The van der Waals surface area contributed by atoms with Crippen LogP contribution in [0.3, 0.4) is 0 Å². The first-order valence-electron chi connectivity index (χ1n) is 9.18. The average molecular weight is 380 g/mol. The van der Waals surface area contributed by atoms with Gasteiger partial charge in [-0.15, -0.1) is 0 Å². The molecule has 3 heterocycles. The van der Waals surface area contributed by atoms with Crippen LogP contribution < -0.4 is 5.73 Å². The first-order chi connectivity index (χ1) is 13.2. The van der Waals surface area contributed by atoms with E-state index < -0.39 is 0 Å². The number of nitrogens with zero attached hydrogens (tertiary/aromatic N) is 4. The second-order valence-electron chi connectivity index (χ2n) is 6.96. The number of piperidine rings is 1. The maximum atomic E-state index is 6.05. The number of rotatable bonds is 4. The molecule has 0 spiro atoms. The Labute approximate surface area is 164 Å². The van der Waals surface area contributed by atoms with Crippen molar-refractivity contribution < 1.29 is 0 Å². The maximum Gasteiger partial charge on any atom is 0.220 e. The number of pyridine rings is 1. The molecule has 27 heavy (non-hydrogen) atoms. The van der Waals surface area contributed by atoms with Crippen LogP contribution in [0.15, 0.2) is 55.0 Å². The minimum Gasteiger partial charge on any atom is -0.368 e. The maximum absolute atomic E-state index is 6.05. The van der Waals surface area contributed by atoms with Crippen LogP contribution in [0, 0.1) is 0 Å². The Bertz CT molecular complexity index is 898. The fourth-order valence-corrected chi connectivity index (χ4v) is 3.87. The molecule has 4 rings (SSSR count). The third kappa shape index (κ3) is 4.26. The van der Waals surface area contributed by atoms with Gasteiger partial charge in [-0.25, -0.2) is 9.97 Å². The number of nitrogens with two attached hydrogens (primary N) is 1. The summed E-state index contributed by atoms with van der Waals surface area (Å²) in [6, 6.07) is 12.0. The minimum atomic E-state index is 0.328. The van der Waals surface area contributed by atoms with Crippen LogP contribution in [0.2, 0.25) is 5.02 Å². The Balaban J connectivity index is 1.60. The number of likely N-dealkylation sites (tertiary alicyclic amines) is 1. The second-order valence-corrected chi connectivity index (χ2v) is 7.40. The summed E-state index contributed by atoms with van der Waals surface area (Å²) in [7, 11) is 0. The molecule has 1 fully saturated rings. The number of anilines is 1. The SMILES string of the molecule is Nc1ncc(-c2ccc(Cl)cc2)c([C@H]2CCCN(Cc3ccncc3)C2)n1. The van der Waals surface area contributed by atoms with E-state index in [4.69, 9.17) is 17.3 Å². The van der Waals surface area contributed by atoms with Crippen molar-refractivity contribution in [2.24, 2.45) is 0 Å². The molecule has 0 bridgehead atoms. The topological polar surface area (TPSA) is 67.9 Å². The molecule has 0 unspecified atom stereocenters. The van der Waals surface area contributed by atoms with Gasteiger partial charge >= 0.3 is 0 Å². The van der Waals surface area contributed by atoms with Crippen LogP contribution in [-0.2, 0) is 6.54 Å². The molecule has 1 saturated heterocycles. The van der Waals surface area contributed by atoms with E-state index in [9.17, 15) is 0 Å². The number of benzene rings is 1. The van der Waals surface area contributed by atoms with E-state index in [1.165, 1.54) is 5.56 Å². The molecule has 0 saturated carbocycles. The van der Waals surface area contributed by atoms with Gasteiger partial charge in [0, 0.05) is 48.2 Å². The predicted octanol–water partition coefficient (Wildman–Crippen LogP) is 4.15. The van der Waals surface area contributed by atoms with E-state index >= 15 is 0 Å². The molecule has 2 aromatic heterocycles. The van der Waals surface area contributed by atoms with Gasteiger partial charge in [0.15, 0.2) is 0 Å². The summed E-state index contributed by atoms with van der Waals surface area (Å²) >= 11 is 6.05. The van der Waals surface area contributed by atoms with Gasteiger partial charge in [-0.1, -0.05) is 23.7 Å². The molecule has 5 nitrogen and oxygen atoms in total. The van der Waals surface area contributed by atoms with Gasteiger partial charge in [0.05, 0.1) is 5.69 Å². The molecule has 2 N–H and O–H groups in total. The predicted molar refractivity (Wildman–Crippen MR) is 108 cm³/mol. The molecule has 1 aliphatic heterocycles. The Morgan fingerprint density at radius 2 is 1.89 bits per heavy atom. The molecule has 138 valence electrons. The smallest absolute Gasteiger partial charge is 0.220 e. The summed E-state index contributed by atoms with van der Waals surface area (Å²) in [6.45, 7) is 2.98. The second kappa shape index (κ2) is 8.03. The summed E-state index contributed by atoms with van der Waals surface area (Å²) in [6.07, 6.45) is 7.77. The molecule has 0 radical (unpaired) electrons. The third-order valence-electron chi connectivity index (χ3n) is 5.04. The van der Waals surface area contributed by atoms with E-state index in [1.54, 1.807) is 0 Å². The normalized spacial score (nSPS) is 17.7. The van der Waals surface area contributed by atoms with Gasteiger partial charge in [0.2, 0.25) is 5.95 Å². The number of hydrogen-bond acceptors (Lipinski definition) is 5. The zero-order valence-electron chi connectivity index (χ0n) is 15.1. The fourth-order valence-electron chi connectivity index (χ4n) is 3.74. The Morgan fingerprint density at radius 3 is 2.67 bits per heavy atom. The lowest BCUT2D eigenvalue weighted by atomic mass is 9.89. The zero-order valence-corrected chi connectivity index (χ0v) is 15.8. The highest BCUT2D eigenvalue weighted by molar-refractivity contribution is 6.30. The van der Waals surface area contributed by atoms with E-state index in [0.717, 1.165) is 54.3 Å². The van der Waals surface area contributed by atoms with E-state index in [1.807, 2.05) is 42.9 Å². The number of nitrogen functional groups attached to an aromatic ring is 1. The largest absolute Gasteiger partial charge is 0.368 e. The van der Waals surface area contributed by atoms with Gasteiger partial charge in [-0.2, -0.15) is 0 Å². The Morgan fingerprint density at radius 1 is 1.11 bits per heavy atom. The van der Waals surface area contributed by atoms with Crippen molar-refractivity contribution in [1.82, 2.24) is 19.9 Å². The average Bonchev–Trinajstić information content (AvgIpc) is 2.70. The van der Waals surface area contributed by atoms with Crippen molar-refractivity contribution in [2.75, 3.05) is 18.8 Å². The summed E-state index contributed by atoms with van der Waals surface area (Å²) in [5.74, 6) is 0.658. The first-order valence-corrected chi connectivity index (χ1v) is 9.56. The minimum absolute atomic E-state index is 0.328. The van der Waals surface area contributed by atoms with Crippen LogP contribution in [0.25, 0.3) is 11.1 Å². The molecule has 1 aliphatic rings. The van der Waals surface area contributed by atoms with Gasteiger partial charge < -0.3 is 5.73 Å². The summed E-state index contributed by atoms with van der Waals surface area (Å²) in [5, 5.41) is 0.720. The zero-order chi connectivity index (χ0) is 18.6. The molecule has 6 heteroatoms. The Hall–Kier alpha value is -2.50. The lowest BCUT2D eigenvalue weighted by molar-refractivity contribution is 0.198. The molecule has 3 aromatic rings. The van der Waals surface area contributed by atoms with Crippen molar-refractivity contribution in [3.05, 3.63) is 71.3 Å². The highest BCUT2D eigenvalue weighted by Crippen LogP contribution is 2.34. The van der Waals surface area contributed by atoms with Gasteiger partial charge in [0.1, 0.15) is 0 Å². The lowest BCUT2D eigenvalue weighted by Gasteiger charge is -2.33.